The van der Waals surface area contributed by atoms with Crippen LogP contribution in [0.25, 0.3) is 10.9 Å². The second kappa shape index (κ2) is 12.8. The number of carboxylic acids is 1. The monoisotopic (exact) mass is 506 g/mol. The summed E-state index contributed by atoms with van der Waals surface area (Å²) in [6.07, 6.45) is 1.39. The number of para-hydroxylation sites is 1. The lowest BCUT2D eigenvalue weighted by Crippen LogP contribution is -2.56. The van der Waals surface area contributed by atoms with Crippen LogP contribution in [0.1, 0.15) is 25.3 Å². The first-order chi connectivity index (χ1) is 16.5. The standard InChI is InChI=1S/C22H30N6O6S/c1-11(26-21(32)16(6-7-18(24)29)27-20(31)14(23)10-35)19(30)28-17(22(33)34)8-12-9-25-15-5-3-2-4-13(12)15/h2-5,9,11,14,16-17,25,35H,6-8,10,23H2,1H3,(H2,24,29)(H,26,32)(H,27,31)(H,28,30)(H,33,34). The molecule has 0 radical (unpaired) electrons. The molecule has 1 aromatic heterocycles. The number of thiol groups is 1. The number of amides is 4. The third-order valence-corrected chi connectivity index (χ3v) is 5.70. The van der Waals surface area contributed by atoms with Crippen LogP contribution in [-0.4, -0.2) is 69.6 Å². The molecule has 9 N–H and O–H groups in total. The zero-order chi connectivity index (χ0) is 26.1. The lowest BCUT2D eigenvalue weighted by Gasteiger charge is -2.23. The topological polar surface area (TPSA) is 209 Å². The molecule has 4 atom stereocenters. The molecular weight excluding hydrogens is 476 g/mol. The first-order valence-corrected chi connectivity index (χ1v) is 11.5. The van der Waals surface area contributed by atoms with Crippen LogP contribution < -0.4 is 27.4 Å². The number of primary amides is 1. The molecule has 0 spiro atoms. The van der Waals surface area contributed by atoms with Gasteiger partial charge in [0.05, 0.1) is 6.04 Å². The van der Waals surface area contributed by atoms with Gasteiger partial charge in [-0.2, -0.15) is 12.6 Å². The molecule has 2 aromatic rings. The van der Waals surface area contributed by atoms with Gasteiger partial charge >= 0.3 is 5.97 Å². The van der Waals surface area contributed by atoms with Gasteiger partial charge in [-0.3, -0.25) is 19.2 Å². The summed E-state index contributed by atoms with van der Waals surface area (Å²) < 4.78 is 0. The minimum atomic E-state index is -1.25. The van der Waals surface area contributed by atoms with Gasteiger partial charge in [0, 0.05) is 35.7 Å². The second-order valence-corrected chi connectivity index (χ2v) is 8.41. The van der Waals surface area contributed by atoms with Gasteiger partial charge in [-0.05, 0) is 25.0 Å². The summed E-state index contributed by atoms with van der Waals surface area (Å²) in [7, 11) is 0. The Morgan fingerprint density at radius 2 is 1.69 bits per heavy atom. The van der Waals surface area contributed by atoms with Gasteiger partial charge in [-0.25, -0.2) is 4.79 Å². The maximum Gasteiger partial charge on any atom is 0.326 e. The molecule has 1 heterocycles. The van der Waals surface area contributed by atoms with E-state index in [-0.39, 0.29) is 25.0 Å². The largest absolute Gasteiger partial charge is 0.480 e. The normalized spacial score (nSPS) is 14.4. The molecule has 0 saturated carbocycles. The van der Waals surface area contributed by atoms with Crippen molar-refractivity contribution >= 4 is 53.1 Å². The van der Waals surface area contributed by atoms with E-state index in [1.165, 1.54) is 6.92 Å². The smallest absolute Gasteiger partial charge is 0.326 e. The number of carboxylic acid groups (broad SMARTS) is 1. The minimum Gasteiger partial charge on any atom is -0.480 e. The molecule has 1 aromatic carbocycles. The van der Waals surface area contributed by atoms with Crippen molar-refractivity contribution in [3.63, 3.8) is 0 Å². The number of hydrogen-bond acceptors (Lipinski definition) is 7. The molecule has 0 saturated heterocycles. The van der Waals surface area contributed by atoms with E-state index < -0.39 is 53.8 Å². The molecular formula is C22H30N6O6S. The van der Waals surface area contributed by atoms with E-state index in [4.69, 9.17) is 11.5 Å². The van der Waals surface area contributed by atoms with Crippen molar-refractivity contribution in [2.24, 2.45) is 11.5 Å². The van der Waals surface area contributed by atoms with Crippen molar-refractivity contribution in [3.05, 3.63) is 36.0 Å². The number of benzene rings is 1. The number of rotatable bonds is 13. The second-order valence-electron chi connectivity index (χ2n) is 8.05. The van der Waals surface area contributed by atoms with Crippen molar-refractivity contribution in [2.45, 2.75) is 50.4 Å². The quantitative estimate of drug-likeness (QED) is 0.155. The maximum absolute atomic E-state index is 12.7. The van der Waals surface area contributed by atoms with Gasteiger partial charge in [0.25, 0.3) is 0 Å². The molecule has 190 valence electrons. The summed E-state index contributed by atoms with van der Waals surface area (Å²) >= 11 is 3.93. The number of carbonyl (C=O) groups excluding carboxylic acids is 4. The Balaban J connectivity index is 2.04. The van der Waals surface area contributed by atoms with Crippen LogP contribution in [-0.2, 0) is 30.4 Å². The van der Waals surface area contributed by atoms with Crippen molar-refractivity contribution in [2.75, 3.05) is 5.75 Å². The van der Waals surface area contributed by atoms with Crippen molar-refractivity contribution < 1.29 is 29.1 Å². The molecule has 0 aliphatic carbocycles. The molecule has 0 aliphatic rings. The summed E-state index contributed by atoms with van der Waals surface area (Å²) in [6, 6.07) is 2.79. The third-order valence-electron chi connectivity index (χ3n) is 5.31. The van der Waals surface area contributed by atoms with Crippen molar-refractivity contribution in [3.8, 4) is 0 Å². The van der Waals surface area contributed by atoms with Gasteiger partial charge < -0.3 is 37.5 Å². The predicted octanol–water partition coefficient (Wildman–Crippen LogP) is -1.21. The summed E-state index contributed by atoms with van der Waals surface area (Å²) in [6.45, 7) is 1.37. The fraction of sp³-hybridized carbons (Fsp3) is 0.409. The number of H-pyrrole nitrogens is 1. The fourth-order valence-corrected chi connectivity index (χ4v) is 3.48. The molecule has 13 heteroatoms. The molecule has 4 unspecified atom stereocenters. The van der Waals surface area contributed by atoms with Crippen LogP contribution in [0.5, 0.6) is 0 Å². The molecule has 2 rings (SSSR count). The van der Waals surface area contributed by atoms with Gasteiger partial charge in [-0.1, -0.05) is 18.2 Å². The number of hydrogen-bond donors (Lipinski definition) is 8. The van der Waals surface area contributed by atoms with Gasteiger partial charge in [0.2, 0.25) is 23.6 Å². The van der Waals surface area contributed by atoms with Crippen molar-refractivity contribution in [1.82, 2.24) is 20.9 Å². The molecule has 4 amide bonds. The zero-order valence-electron chi connectivity index (χ0n) is 19.1. The summed E-state index contributed by atoms with van der Waals surface area (Å²) in [4.78, 5) is 63.4. The highest BCUT2D eigenvalue weighted by molar-refractivity contribution is 7.80. The molecule has 0 bridgehead atoms. The first-order valence-electron chi connectivity index (χ1n) is 10.9. The summed E-state index contributed by atoms with van der Waals surface area (Å²) in [5, 5.41) is 17.7. The number of nitrogens with one attached hydrogen (secondary N) is 4. The van der Waals surface area contributed by atoms with Crippen LogP contribution in [0.3, 0.4) is 0 Å². The van der Waals surface area contributed by atoms with Gasteiger partial charge in [0.15, 0.2) is 0 Å². The van der Waals surface area contributed by atoms with Crippen LogP contribution >= 0.6 is 12.6 Å². The SMILES string of the molecule is CC(NC(=O)C(CCC(N)=O)NC(=O)C(N)CS)C(=O)NC(Cc1c[nH]c2ccccc12)C(=O)O. The molecule has 0 aliphatic heterocycles. The third kappa shape index (κ3) is 8.00. The Kier molecular flexibility index (Phi) is 10.1. The number of nitrogens with two attached hydrogens (primary N) is 2. The Labute approximate surface area is 207 Å². The van der Waals surface area contributed by atoms with Crippen LogP contribution in [0.2, 0.25) is 0 Å². The summed E-state index contributed by atoms with van der Waals surface area (Å²) in [5.74, 6) is -4.04. The maximum atomic E-state index is 12.7. The van der Waals surface area contributed by atoms with Crippen LogP contribution in [0.4, 0.5) is 0 Å². The van der Waals surface area contributed by atoms with Crippen molar-refractivity contribution in [1.29, 1.82) is 0 Å². The van der Waals surface area contributed by atoms with Crippen LogP contribution in [0.15, 0.2) is 30.5 Å². The van der Waals surface area contributed by atoms with Gasteiger partial charge in [0.1, 0.15) is 18.1 Å². The Bertz CT molecular complexity index is 1090. The van der Waals surface area contributed by atoms with E-state index in [9.17, 15) is 29.1 Å². The zero-order valence-corrected chi connectivity index (χ0v) is 20.0. The van der Waals surface area contributed by atoms with E-state index in [0.717, 1.165) is 10.9 Å². The Morgan fingerprint density at radius 1 is 1.03 bits per heavy atom. The lowest BCUT2D eigenvalue weighted by atomic mass is 10.0. The number of aromatic amines is 1. The predicted molar refractivity (Wildman–Crippen MR) is 131 cm³/mol. The van der Waals surface area contributed by atoms with E-state index in [0.29, 0.717) is 5.56 Å². The number of fused-ring (bicyclic) bond motifs is 1. The lowest BCUT2D eigenvalue weighted by molar-refractivity contribution is -0.142. The van der Waals surface area contributed by atoms with Crippen LogP contribution in [0, 0.1) is 0 Å². The average Bonchev–Trinajstić information content (AvgIpc) is 3.22. The van der Waals surface area contributed by atoms with E-state index in [2.05, 4.69) is 33.6 Å². The summed E-state index contributed by atoms with van der Waals surface area (Å²) in [5.41, 5.74) is 12.3. The molecule has 12 nitrogen and oxygen atoms in total. The first kappa shape index (κ1) is 27.7. The van der Waals surface area contributed by atoms with E-state index >= 15 is 0 Å². The number of aliphatic carboxylic acids is 1. The Morgan fingerprint density at radius 3 is 2.31 bits per heavy atom. The number of aromatic nitrogens is 1. The fourth-order valence-electron chi connectivity index (χ4n) is 3.31. The highest BCUT2D eigenvalue weighted by atomic mass is 32.1. The molecule has 0 fully saturated rings. The highest BCUT2D eigenvalue weighted by Gasteiger charge is 2.28. The number of carbonyl (C=O) groups is 5. The highest BCUT2D eigenvalue weighted by Crippen LogP contribution is 2.19. The van der Waals surface area contributed by atoms with E-state index in [1.807, 2.05) is 24.3 Å². The Hall–Kier alpha value is -3.58. The van der Waals surface area contributed by atoms with E-state index in [1.54, 1.807) is 6.20 Å². The molecule has 35 heavy (non-hydrogen) atoms. The average molecular weight is 507 g/mol. The van der Waals surface area contributed by atoms with Gasteiger partial charge in [-0.15, -0.1) is 0 Å². The minimum absolute atomic E-state index is 0.0185.